The molecule has 0 aromatic heterocycles. The van der Waals surface area contributed by atoms with Gasteiger partial charge < -0.3 is 14.4 Å². The first-order chi connectivity index (χ1) is 13.5. The minimum atomic E-state index is 0.117. The van der Waals surface area contributed by atoms with Crippen LogP contribution in [0, 0.1) is 0 Å². The van der Waals surface area contributed by atoms with E-state index < -0.39 is 0 Å². The fraction of sp³-hybridized carbons (Fsp3) is 0.409. The minimum absolute atomic E-state index is 0.117. The number of fused-ring (bicyclic) bond motifs is 1. The van der Waals surface area contributed by atoms with E-state index in [1.54, 1.807) is 14.2 Å². The number of ether oxygens (including phenoxy) is 2. The van der Waals surface area contributed by atoms with Gasteiger partial charge in [-0.05, 0) is 31.7 Å². The molecule has 0 aliphatic carbocycles. The van der Waals surface area contributed by atoms with Gasteiger partial charge in [0.1, 0.15) is 0 Å². The third-order valence-electron chi connectivity index (χ3n) is 4.87. The molecule has 2 aromatic carbocycles. The highest BCUT2D eigenvalue weighted by Gasteiger charge is 2.25. The second-order valence-corrected chi connectivity index (χ2v) is 8.54. The van der Waals surface area contributed by atoms with Gasteiger partial charge in [-0.15, -0.1) is 11.8 Å². The van der Waals surface area contributed by atoms with E-state index in [1.807, 2.05) is 65.0 Å². The molecule has 1 aliphatic rings. The number of thioether (sulfide) groups is 1. The number of para-hydroxylation sites is 2. The number of likely N-dealkylation sites (N-methyl/N-ethyl adjacent to an activating group) is 1. The molecule has 1 unspecified atom stereocenters. The number of benzene rings is 2. The van der Waals surface area contributed by atoms with Crippen molar-refractivity contribution in [3.05, 3.63) is 48.0 Å². The predicted octanol–water partition coefficient (Wildman–Crippen LogP) is 4.05. The van der Waals surface area contributed by atoms with Gasteiger partial charge in [0, 0.05) is 28.8 Å². The van der Waals surface area contributed by atoms with Crippen molar-refractivity contribution in [3.8, 4) is 11.5 Å². The Morgan fingerprint density at radius 2 is 1.96 bits per heavy atom. The fourth-order valence-corrected chi connectivity index (χ4v) is 4.60. The number of anilines is 1. The molecule has 6 heteroatoms. The lowest BCUT2D eigenvalue weighted by molar-refractivity contribution is -0.119. The van der Waals surface area contributed by atoms with E-state index in [4.69, 9.17) is 9.47 Å². The molecule has 28 heavy (non-hydrogen) atoms. The maximum atomic E-state index is 13.1. The number of amides is 1. The molecule has 1 atom stereocenters. The van der Waals surface area contributed by atoms with Gasteiger partial charge in [-0.3, -0.25) is 9.69 Å². The number of hydrogen-bond donors (Lipinski definition) is 0. The van der Waals surface area contributed by atoms with E-state index in [0.717, 1.165) is 30.0 Å². The lowest BCUT2D eigenvalue weighted by Crippen LogP contribution is -2.39. The summed E-state index contributed by atoms with van der Waals surface area (Å²) in [5.41, 5.74) is 2.02. The second kappa shape index (κ2) is 9.34. The molecule has 0 fully saturated rings. The van der Waals surface area contributed by atoms with Gasteiger partial charge >= 0.3 is 0 Å². The summed E-state index contributed by atoms with van der Waals surface area (Å²) in [4.78, 5) is 18.2. The average molecular weight is 401 g/mol. The third-order valence-corrected chi connectivity index (χ3v) is 6.11. The first kappa shape index (κ1) is 20.6. The molecule has 1 heterocycles. The maximum absolute atomic E-state index is 13.1. The monoisotopic (exact) mass is 400 g/mol. The van der Waals surface area contributed by atoms with Gasteiger partial charge in [0.15, 0.2) is 11.5 Å². The van der Waals surface area contributed by atoms with Crippen LogP contribution in [0.5, 0.6) is 11.5 Å². The van der Waals surface area contributed by atoms with Crippen molar-refractivity contribution in [3.63, 3.8) is 0 Å². The molecule has 3 rings (SSSR count). The topological polar surface area (TPSA) is 42.0 Å². The lowest BCUT2D eigenvalue weighted by Gasteiger charge is -2.26. The van der Waals surface area contributed by atoms with Crippen LogP contribution in [0.25, 0.3) is 0 Å². The zero-order valence-electron chi connectivity index (χ0n) is 17.0. The molecule has 5 nitrogen and oxygen atoms in total. The van der Waals surface area contributed by atoms with E-state index in [9.17, 15) is 4.79 Å². The fourth-order valence-electron chi connectivity index (χ4n) is 3.49. The van der Waals surface area contributed by atoms with E-state index in [2.05, 4.69) is 13.0 Å². The van der Waals surface area contributed by atoms with Crippen molar-refractivity contribution in [1.29, 1.82) is 0 Å². The standard InChI is InChI=1S/C22H28N2O3S/c1-16-12-13-24(18-9-5-6-11-20(18)28-16)21(25)15-23(2)14-17-8-7-10-19(26-3)22(17)27-4/h5-11,16H,12-15H2,1-4H3. The molecule has 0 saturated carbocycles. The number of nitrogens with zero attached hydrogens (tertiary/aromatic N) is 2. The van der Waals surface area contributed by atoms with E-state index in [1.165, 1.54) is 4.90 Å². The van der Waals surface area contributed by atoms with Gasteiger partial charge in [0.25, 0.3) is 0 Å². The van der Waals surface area contributed by atoms with Crippen molar-refractivity contribution in [2.45, 2.75) is 30.0 Å². The van der Waals surface area contributed by atoms with Crippen LogP contribution < -0.4 is 14.4 Å². The Balaban J connectivity index is 1.73. The van der Waals surface area contributed by atoms with E-state index in [0.29, 0.717) is 24.1 Å². The Morgan fingerprint density at radius 1 is 1.18 bits per heavy atom. The van der Waals surface area contributed by atoms with Crippen LogP contribution in [-0.2, 0) is 11.3 Å². The van der Waals surface area contributed by atoms with E-state index >= 15 is 0 Å². The van der Waals surface area contributed by atoms with Gasteiger partial charge in [0.2, 0.25) is 5.91 Å². The van der Waals surface area contributed by atoms with Crippen molar-refractivity contribution in [2.75, 3.05) is 39.3 Å². The highest BCUT2D eigenvalue weighted by molar-refractivity contribution is 8.00. The van der Waals surface area contributed by atoms with Crippen LogP contribution in [0.1, 0.15) is 18.9 Å². The molecule has 0 bridgehead atoms. The van der Waals surface area contributed by atoms with Gasteiger partial charge in [-0.2, -0.15) is 0 Å². The normalized spacial score (nSPS) is 16.5. The molecule has 2 aromatic rings. The smallest absolute Gasteiger partial charge is 0.241 e. The zero-order valence-corrected chi connectivity index (χ0v) is 17.8. The Kier molecular flexibility index (Phi) is 6.86. The summed E-state index contributed by atoms with van der Waals surface area (Å²) in [5.74, 6) is 1.54. The van der Waals surface area contributed by atoms with Crippen LogP contribution in [0.15, 0.2) is 47.4 Å². The SMILES string of the molecule is COc1cccc(CN(C)CC(=O)N2CCC(C)Sc3ccccc32)c1OC. The van der Waals surface area contributed by atoms with Crippen LogP contribution in [-0.4, -0.2) is 50.4 Å². The van der Waals surface area contributed by atoms with Crippen molar-refractivity contribution >= 4 is 23.4 Å². The lowest BCUT2D eigenvalue weighted by atomic mass is 10.1. The molecule has 0 N–H and O–H groups in total. The summed E-state index contributed by atoms with van der Waals surface area (Å²) in [6.45, 7) is 3.91. The zero-order chi connectivity index (χ0) is 20.1. The number of carbonyl (C=O) groups excluding carboxylic acids is 1. The molecule has 0 saturated heterocycles. The summed E-state index contributed by atoms with van der Waals surface area (Å²) in [6, 6.07) is 14.0. The van der Waals surface area contributed by atoms with Crippen LogP contribution in [0.3, 0.4) is 0 Å². The van der Waals surface area contributed by atoms with Crippen molar-refractivity contribution in [2.24, 2.45) is 0 Å². The molecule has 0 spiro atoms. The summed E-state index contributed by atoms with van der Waals surface area (Å²) in [5, 5.41) is 0.498. The molecule has 1 amide bonds. The molecule has 1 aliphatic heterocycles. The summed E-state index contributed by atoms with van der Waals surface area (Å²) < 4.78 is 10.9. The van der Waals surface area contributed by atoms with Crippen LogP contribution >= 0.6 is 11.8 Å². The number of hydrogen-bond acceptors (Lipinski definition) is 5. The molecular formula is C22H28N2O3S. The highest BCUT2D eigenvalue weighted by atomic mass is 32.2. The van der Waals surface area contributed by atoms with Crippen molar-refractivity contribution < 1.29 is 14.3 Å². The summed E-state index contributed by atoms with van der Waals surface area (Å²) >= 11 is 1.85. The molecule has 0 radical (unpaired) electrons. The van der Waals surface area contributed by atoms with Gasteiger partial charge in [0.05, 0.1) is 26.5 Å². The summed E-state index contributed by atoms with van der Waals surface area (Å²) in [6.07, 6.45) is 0.985. The Bertz CT molecular complexity index is 827. The van der Waals surface area contributed by atoms with E-state index in [-0.39, 0.29) is 5.91 Å². The average Bonchev–Trinajstić information content (AvgIpc) is 2.85. The quantitative estimate of drug-likeness (QED) is 0.732. The Hall–Kier alpha value is -2.18. The highest BCUT2D eigenvalue weighted by Crippen LogP contribution is 2.37. The van der Waals surface area contributed by atoms with Crippen LogP contribution in [0.4, 0.5) is 5.69 Å². The Morgan fingerprint density at radius 3 is 2.71 bits per heavy atom. The van der Waals surface area contributed by atoms with Crippen LogP contribution in [0.2, 0.25) is 0 Å². The number of carbonyl (C=O) groups is 1. The predicted molar refractivity (Wildman–Crippen MR) is 115 cm³/mol. The first-order valence-corrected chi connectivity index (χ1v) is 10.4. The third kappa shape index (κ3) is 4.62. The second-order valence-electron chi connectivity index (χ2n) is 7.06. The summed E-state index contributed by atoms with van der Waals surface area (Å²) in [7, 11) is 5.22. The van der Waals surface area contributed by atoms with Crippen molar-refractivity contribution in [1.82, 2.24) is 4.90 Å². The van der Waals surface area contributed by atoms with Gasteiger partial charge in [-0.1, -0.05) is 31.2 Å². The number of rotatable bonds is 6. The minimum Gasteiger partial charge on any atom is -0.493 e. The van der Waals surface area contributed by atoms with Gasteiger partial charge in [-0.25, -0.2) is 0 Å². The maximum Gasteiger partial charge on any atom is 0.241 e. The molecular weight excluding hydrogens is 372 g/mol. The number of methoxy groups -OCH3 is 2. The first-order valence-electron chi connectivity index (χ1n) is 9.48. The molecule has 150 valence electrons. The largest absolute Gasteiger partial charge is 0.493 e. The Labute approximate surface area is 171 Å².